The molecule has 0 aliphatic heterocycles. The zero-order chi connectivity index (χ0) is 30.3. The lowest BCUT2D eigenvalue weighted by atomic mass is 10.1. The number of sulfonamides is 1. The van der Waals surface area contributed by atoms with Gasteiger partial charge in [-0.15, -0.1) is 0 Å². The first-order chi connectivity index (χ1) is 19.4. The Morgan fingerprint density at radius 2 is 1.54 bits per heavy atom. The smallest absolute Gasteiger partial charge is 0.264 e. The van der Waals surface area contributed by atoms with E-state index in [0.717, 1.165) is 21.0 Å². The number of hydrogen-bond donors (Lipinski definition) is 1. The van der Waals surface area contributed by atoms with Crippen molar-refractivity contribution in [3.05, 3.63) is 87.9 Å². The molecule has 0 aliphatic rings. The average Bonchev–Trinajstić information content (AvgIpc) is 2.92. The number of nitrogens with one attached hydrogen (secondary N) is 1. The van der Waals surface area contributed by atoms with E-state index in [2.05, 4.69) is 21.2 Å². The molecule has 0 radical (unpaired) electrons. The molecule has 0 spiro atoms. The molecule has 1 atom stereocenters. The molecule has 0 bridgehead atoms. The molecule has 3 aromatic carbocycles. The molecule has 0 fully saturated rings. The SMILES string of the molecule is CC[C@@H](C(=O)NC(C)C)N(Cc1ccc(C)cc1)C(=O)CN(c1ccc(C)cc1)S(=O)(=O)c1ccc(OC)c(Br)c1. The van der Waals surface area contributed by atoms with Crippen LogP contribution < -0.4 is 14.4 Å². The van der Waals surface area contributed by atoms with Gasteiger partial charge in [-0.25, -0.2) is 8.42 Å². The summed E-state index contributed by atoms with van der Waals surface area (Å²) in [6.45, 7) is 9.08. The van der Waals surface area contributed by atoms with E-state index in [1.165, 1.54) is 24.1 Å². The Balaban J connectivity index is 2.08. The fraction of sp³-hybridized carbons (Fsp3) is 0.355. The lowest BCUT2D eigenvalue weighted by Crippen LogP contribution is -2.53. The number of aryl methyl sites for hydroxylation is 2. The maximum atomic E-state index is 14.1. The molecule has 41 heavy (non-hydrogen) atoms. The summed E-state index contributed by atoms with van der Waals surface area (Å²) in [5.74, 6) is -0.298. The van der Waals surface area contributed by atoms with Crippen molar-refractivity contribution in [2.75, 3.05) is 18.0 Å². The van der Waals surface area contributed by atoms with Crippen LogP contribution in [0.1, 0.15) is 43.9 Å². The normalized spacial score (nSPS) is 12.1. The predicted molar refractivity (Wildman–Crippen MR) is 165 cm³/mol. The van der Waals surface area contributed by atoms with Gasteiger partial charge >= 0.3 is 0 Å². The second-order valence-corrected chi connectivity index (χ2v) is 13.0. The maximum Gasteiger partial charge on any atom is 0.264 e. The lowest BCUT2D eigenvalue weighted by Gasteiger charge is -2.33. The first kappa shape index (κ1) is 32.1. The second kappa shape index (κ2) is 14.0. The van der Waals surface area contributed by atoms with Gasteiger partial charge < -0.3 is 15.0 Å². The number of carbonyl (C=O) groups is 2. The molecule has 8 nitrogen and oxygen atoms in total. The van der Waals surface area contributed by atoms with E-state index in [-0.39, 0.29) is 23.4 Å². The van der Waals surface area contributed by atoms with Crippen LogP contribution in [0.3, 0.4) is 0 Å². The van der Waals surface area contributed by atoms with Crippen LogP contribution in [0, 0.1) is 13.8 Å². The van der Waals surface area contributed by atoms with Gasteiger partial charge in [-0.05, 0) is 85.9 Å². The zero-order valence-electron chi connectivity index (χ0n) is 24.3. The monoisotopic (exact) mass is 643 g/mol. The Morgan fingerprint density at radius 3 is 2.05 bits per heavy atom. The van der Waals surface area contributed by atoms with Gasteiger partial charge in [0.05, 0.1) is 22.2 Å². The minimum absolute atomic E-state index is 0.00627. The summed E-state index contributed by atoms with van der Waals surface area (Å²) in [5, 5.41) is 2.91. The van der Waals surface area contributed by atoms with Gasteiger partial charge in [-0.3, -0.25) is 13.9 Å². The van der Waals surface area contributed by atoms with Crippen molar-refractivity contribution in [1.29, 1.82) is 0 Å². The highest BCUT2D eigenvalue weighted by molar-refractivity contribution is 9.10. The highest BCUT2D eigenvalue weighted by Crippen LogP contribution is 2.31. The van der Waals surface area contributed by atoms with Crippen LogP contribution in [0.15, 0.2) is 76.1 Å². The zero-order valence-corrected chi connectivity index (χ0v) is 26.8. The summed E-state index contributed by atoms with van der Waals surface area (Å²) in [6, 6.07) is 18.2. The Hall–Kier alpha value is -3.37. The lowest BCUT2D eigenvalue weighted by molar-refractivity contribution is -0.140. The van der Waals surface area contributed by atoms with Crippen molar-refractivity contribution >= 4 is 43.5 Å². The Bertz CT molecular complexity index is 1460. The number of benzene rings is 3. The topological polar surface area (TPSA) is 96.0 Å². The summed E-state index contributed by atoms with van der Waals surface area (Å²) in [5.41, 5.74) is 3.19. The number of rotatable bonds is 12. The summed E-state index contributed by atoms with van der Waals surface area (Å²) in [6.07, 6.45) is 0.360. The number of ether oxygens (including phenoxy) is 1. The molecule has 3 aromatic rings. The number of amides is 2. The van der Waals surface area contributed by atoms with Crippen molar-refractivity contribution in [3.63, 3.8) is 0 Å². The van der Waals surface area contributed by atoms with Gasteiger partial charge in [0.2, 0.25) is 11.8 Å². The molecule has 1 N–H and O–H groups in total. The van der Waals surface area contributed by atoms with Crippen LogP contribution in [0.2, 0.25) is 0 Å². The van der Waals surface area contributed by atoms with Crippen molar-refractivity contribution in [1.82, 2.24) is 10.2 Å². The molecule has 0 saturated carbocycles. The minimum Gasteiger partial charge on any atom is -0.496 e. The number of methoxy groups -OCH3 is 1. The standard InChI is InChI=1S/C31H38BrN3O5S/c1-7-28(31(37)33-21(2)3)34(19-24-12-8-22(4)9-13-24)30(36)20-35(25-14-10-23(5)11-15-25)41(38,39)26-16-17-29(40-6)27(32)18-26/h8-18,21,28H,7,19-20H2,1-6H3,(H,33,37)/t28-/m0/s1. The number of halogens is 1. The molecular weight excluding hydrogens is 606 g/mol. The van der Waals surface area contributed by atoms with Gasteiger partial charge in [0.25, 0.3) is 10.0 Å². The van der Waals surface area contributed by atoms with Crippen molar-refractivity contribution in [2.24, 2.45) is 0 Å². The molecule has 0 saturated heterocycles. The first-order valence-electron chi connectivity index (χ1n) is 13.5. The van der Waals surface area contributed by atoms with E-state index in [0.29, 0.717) is 22.3 Å². The molecule has 220 valence electrons. The molecular formula is C31H38BrN3O5S. The van der Waals surface area contributed by atoms with Crippen LogP contribution in [-0.4, -0.2) is 50.9 Å². The van der Waals surface area contributed by atoms with Gasteiger partial charge in [0, 0.05) is 12.6 Å². The number of carbonyl (C=O) groups excluding carboxylic acids is 2. The van der Waals surface area contributed by atoms with Crippen molar-refractivity contribution in [2.45, 2.75) is 64.6 Å². The van der Waals surface area contributed by atoms with Crippen LogP contribution in [0.4, 0.5) is 5.69 Å². The van der Waals surface area contributed by atoms with Crippen LogP contribution >= 0.6 is 15.9 Å². The summed E-state index contributed by atoms with van der Waals surface area (Å²) in [4.78, 5) is 28.8. The number of nitrogens with zero attached hydrogens (tertiary/aromatic N) is 2. The predicted octanol–water partition coefficient (Wildman–Crippen LogP) is 5.60. The van der Waals surface area contributed by atoms with Gasteiger partial charge in [0.1, 0.15) is 18.3 Å². The highest BCUT2D eigenvalue weighted by Gasteiger charge is 2.34. The van der Waals surface area contributed by atoms with E-state index in [4.69, 9.17) is 4.74 Å². The Kier molecular flexibility index (Phi) is 11.0. The first-order valence-corrected chi connectivity index (χ1v) is 15.7. The average molecular weight is 645 g/mol. The van der Waals surface area contributed by atoms with Gasteiger partial charge in [0.15, 0.2) is 0 Å². The fourth-order valence-electron chi connectivity index (χ4n) is 4.36. The van der Waals surface area contributed by atoms with Crippen molar-refractivity contribution < 1.29 is 22.7 Å². The molecule has 0 aliphatic carbocycles. The Morgan fingerprint density at radius 1 is 0.951 bits per heavy atom. The van der Waals surface area contributed by atoms with Gasteiger partial charge in [-0.1, -0.05) is 54.4 Å². The van der Waals surface area contributed by atoms with E-state index in [1.807, 2.05) is 58.9 Å². The molecule has 10 heteroatoms. The molecule has 0 aromatic heterocycles. The maximum absolute atomic E-state index is 14.1. The molecule has 2 amide bonds. The third kappa shape index (κ3) is 8.10. The van der Waals surface area contributed by atoms with Crippen LogP contribution in [0.5, 0.6) is 5.75 Å². The third-order valence-electron chi connectivity index (χ3n) is 6.60. The molecule has 0 heterocycles. The largest absolute Gasteiger partial charge is 0.496 e. The fourth-order valence-corrected chi connectivity index (χ4v) is 6.50. The summed E-state index contributed by atoms with van der Waals surface area (Å²) in [7, 11) is -2.70. The van der Waals surface area contributed by atoms with E-state index in [1.54, 1.807) is 30.3 Å². The highest BCUT2D eigenvalue weighted by atomic mass is 79.9. The van der Waals surface area contributed by atoms with Crippen LogP contribution in [-0.2, 0) is 26.2 Å². The van der Waals surface area contributed by atoms with Crippen LogP contribution in [0.25, 0.3) is 0 Å². The van der Waals surface area contributed by atoms with E-state index in [9.17, 15) is 18.0 Å². The summed E-state index contributed by atoms with van der Waals surface area (Å²) < 4.78 is 34.9. The number of anilines is 1. The molecule has 0 unspecified atom stereocenters. The van der Waals surface area contributed by atoms with Gasteiger partial charge in [-0.2, -0.15) is 0 Å². The second-order valence-electron chi connectivity index (χ2n) is 10.2. The molecule has 3 rings (SSSR count). The minimum atomic E-state index is -4.19. The summed E-state index contributed by atoms with van der Waals surface area (Å²) >= 11 is 3.37. The van der Waals surface area contributed by atoms with E-state index >= 15 is 0 Å². The third-order valence-corrected chi connectivity index (χ3v) is 8.99. The van der Waals surface area contributed by atoms with Crippen molar-refractivity contribution in [3.8, 4) is 5.75 Å². The number of hydrogen-bond acceptors (Lipinski definition) is 5. The quantitative estimate of drug-likeness (QED) is 0.277. The van der Waals surface area contributed by atoms with E-state index < -0.39 is 28.5 Å². The Labute approximate surface area is 251 Å².